The van der Waals surface area contributed by atoms with E-state index in [0.717, 1.165) is 9.87 Å². The molecule has 2 rings (SSSR count). The molecule has 2 N–H and O–H groups in total. The van der Waals surface area contributed by atoms with E-state index < -0.39 is 21.8 Å². The van der Waals surface area contributed by atoms with Gasteiger partial charge in [-0.15, -0.1) is 0 Å². The minimum absolute atomic E-state index is 0.131. The molecule has 0 atom stereocenters. The fraction of sp³-hybridized carbons (Fsp3) is 0.222. The number of sulfonamides is 1. The Kier molecular flexibility index (Phi) is 5.79. The van der Waals surface area contributed by atoms with Gasteiger partial charge >= 0.3 is 0 Å². The van der Waals surface area contributed by atoms with Gasteiger partial charge in [-0.3, -0.25) is 9.59 Å². The van der Waals surface area contributed by atoms with Crippen molar-refractivity contribution in [1.82, 2.24) is 4.31 Å². The molecule has 26 heavy (non-hydrogen) atoms. The first-order valence-electron chi connectivity index (χ1n) is 7.82. The van der Waals surface area contributed by atoms with Crippen molar-refractivity contribution in [3.05, 3.63) is 59.7 Å². The molecule has 0 saturated heterocycles. The van der Waals surface area contributed by atoms with E-state index in [-0.39, 0.29) is 11.4 Å². The number of benzene rings is 2. The summed E-state index contributed by atoms with van der Waals surface area (Å²) < 4.78 is 26.1. The van der Waals surface area contributed by atoms with E-state index >= 15 is 0 Å². The Morgan fingerprint density at radius 3 is 2.00 bits per heavy atom. The van der Waals surface area contributed by atoms with Crippen LogP contribution in [0.15, 0.2) is 53.4 Å². The Balaban J connectivity index is 2.12. The van der Waals surface area contributed by atoms with Crippen LogP contribution in [0.5, 0.6) is 0 Å². The van der Waals surface area contributed by atoms with Gasteiger partial charge < -0.3 is 10.6 Å². The number of likely N-dealkylation sites (N-methyl/N-ethyl adjacent to an activating group) is 2. The molecule has 0 radical (unpaired) electrons. The molecule has 0 spiro atoms. The van der Waals surface area contributed by atoms with Gasteiger partial charge in [-0.05, 0) is 43.3 Å². The van der Waals surface area contributed by atoms with E-state index in [0.29, 0.717) is 11.3 Å². The summed E-state index contributed by atoms with van der Waals surface area (Å²) in [5.41, 5.74) is 6.99. The van der Waals surface area contributed by atoms with Crippen LogP contribution in [-0.2, 0) is 14.8 Å². The molecule has 8 heteroatoms. The second-order valence-electron chi connectivity index (χ2n) is 5.94. The van der Waals surface area contributed by atoms with E-state index in [1.165, 1.54) is 43.3 Å². The van der Waals surface area contributed by atoms with Crippen molar-refractivity contribution in [2.45, 2.75) is 11.8 Å². The smallest absolute Gasteiger partial charge is 0.248 e. The molecule has 138 valence electrons. The van der Waals surface area contributed by atoms with Gasteiger partial charge in [-0.25, -0.2) is 8.42 Å². The highest BCUT2D eigenvalue weighted by atomic mass is 32.2. The Hall–Kier alpha value is -2.71. The van der Waals surface area contributed by atoms with Crippen LogP contribution in [0, 0.1) is 6.92 Å². The fourth-order valence-corrected chi connectivity index (χ4v) is 3.39. The number of hydrogen-bond donors (Lipinski definition) is 1. The fourth-order valence-electron chi connectivity index (χ4n) is 2.27. The van der Waals surface area contributed by atoms with Crippen molar-refractivity contribution in [3.63, 3.8) is 0 Å². The van der Waals surface area contributed by atoms with Crippen molar-refractivity contribution in [2.75, 3.05) is 25.5 Å². The number of aryl methyl sites for hydroxylation is 1. The molecular formula is C18H21N3O4S. The average molecular weight is 375 g/mol. The number of rotatable bonds is 6. The van der Waals surface area contributed by atoms with Crippen molar-refractivity contribution >= 4 is 27.5 Å². The minimum Gasteiger partial charge on any atom is -0.366 e. The summed E-state index contributed by atoms with van der Waals surface area (Å²) in [5.74, 6) is -0.968. The van der Waals surface area contributed by atoms with E-state index in [9.17, 15) is 18.0 Å². The number of anilines is 1. The van der Waals surface area contributed by atoms with Gasteiger partial charge in [0.2, 0.25) is 21.8 Å². The van der Waals surface area contributed by atoms with Gasteiger partial charge in [0.15, 0.2) is 0 Å². The number of primary amides is 1. The molecule has 2 amide bonds. The predicted octanol–water partition coefficient (Wildman–Crippen LogP) is 1.38. The summed E-state index contributed by atoms with van der Waals surface area (Å²) in [5, 5.41) is 0. The van der Waals surface area contributed by atoms with Gasteiger partial charge in [0.25, 0.3) is 0 Å². The Morgan fingerprint density at radius 2 is 1.50 bits per heavy atom. The molecule has 0 fully saturated rings. The van der Waals surface area contributed by atoms with Crippen LogP contribution < -0.4 is 10.6 Å². The summed E-state index contributed by atoms with van der Waals surface area (Å²) in [7, 11) is -0.866. The lowest BCUT2D eigenvalue weighted by atomic mass is 10.2. The third-order valence-electron chi connectivity index (χ3n) is 4.00. The van der Waals surface area contributed by atoms with Crippen LogP contribution in [-0.4, -0.2) is 45.2 Å². The van der Waals surface area contributed by atoms with E-state index in [1.54, 1.807) is 24.3 Å². The van der Waals surface area contributed by atoms with Crippen molar-refractivity contribution in [1.29, 1.82) is 0 Å². The molecule has 0 aliphatic rings. The maximum Gasteiger partial charge on any atom is 0.248 e. The van der Waals surface area contributed by atoms with Crippen LogP contribution >= 0.6 is 0 Å². The number of hydrogen-bond acceptors (Lipinski definition) is 4. The third kappa shape index (κ3) is 4.27. The molecule has 0 bridgehead atoms. The van der Waals surface area contributed by atoms with Gasteiger partial charge in [0, 0.05) is 25.3 Å². The Labute approximate surface area is 153 Å². The topological polar surface area (TPSA) is 101 Å². The first-order chi connectivity index (χ1) is 12.1. The molecule has 0 aliphatic heterocycles. The molecule has 0 saturated carbocycles. The molecule has 0 aromatic heterocycles. The summed E-state index contributed by atoms with van der Waals surface area (Å²) in [4.78, 5) is 25.0. The predicted molar refractivity (Wildman–Crippen MR) is 99.4 cm³/mol. The van der Waals surface area contributed by atoms with Crippen molar-refractivity contribution < 1.29 is 18.0 Å². The van der Waals surface area contributed by atoms with Crippen LogP contribution in [0.25, 0.3) is 0 Å². The zero-order valence-corrected chi connectivity index (χ0v) is 15.7. The van der Waals surface area contributed by atoms with Crippen LogP contribution in [0.2, 0.25) is 0 Å². The molecule has 0 unspecified atom stereocenters. The van der Waals surface area contributed by atoms with Crippen molar-refractivity contribution in [2.24, 2.45) is 5.73 Å². The summed E-state index contributed by atoms with van der Waals surface area (Å²) >= 11 is 0. The molecule has 2 aromatic carbocycles. The SMILES string of the molecule is Cc1ccc(S(=O)(=O)N(C)CC(=O)N(C)c2ccc(C(N)=O)cc2)cc1. The normalized spacial score (nSPS) is 11.4. The molecular weight excluding hydrogens is 354 g/mol. The van der Waals surface area contributed by atoms with E-state index in [2.05, 4.69) is 0 Å². The first-order valence-corrected chi connectivity index (χ1v) is 9.26. The molecule has 0 heterocycles. The average Bonchev–Trinajstić information content (AvgIpc) is 2.61. The maximum absolute atomic E-state index is 12.6. The van der Waals surface area contributed by atoms with Crippen molar-refractivity contribution in [3.8, 4) is 0 Å². The second-order valence-corrected chi connectivity index (χ2v) is 7.98. The first kappa shape index (κ1) is 19.6. The lowest BCUT2D eigenvalue weighted by Crippen LogP contribution is -2.39. The monoisotopic (exact) mass is 375 g/mol. The van der Waals surface area contributed by atoms with E-state index in [1.807, 2.05) is 6.92 Å². The highest BCUT2D eigenvalue weighted by Crippen LogP contribution is 2.17. The van der Waals surface area contributed by atoms with Crippen LogP contribution in [0.4, 0.5) is 5.69 Å². The number of nitrogens with two attached hydrogens (primary N) is 1. The van der Waals surface area contributed by atoms with Gasteiger partial charge in [0.05, 0.1) is 11.4 Å². The van der Waals surface area contributed by atoms with Gasteiger partial charge in [-0.2, -0.15) is 4.31 Å². The molecule has 2 aromatic rings. The lowest BCUT2D eigenvalue weighted by molar-refractivity contribution is -0.118. The Morgan fingerprint density at radius 1 is 0.962 bits per heavy atom. The highest BCUT2D eigenvalue weighted by Gasteiger charge is 2.24. The zero-order chi connectivity index (χ0) is 19.5. The quantitative estimate of drug-likeness (QED) is 0.824. The van der Waals surface area contributed by atoms with E-state index in [4.69, 9.17) is 5.73 Å². The number of amides is 2. The molecule has 7 nitrogen and oxygen atoms in total. The second kappa shape index (κ2) is 7.67. The number of nitrogens with zero attached hydrogens (tertiary/aromatic N) is 2. The standard InChI is InChI=1S/C18H21N3O4S/c1-13-4-10-16(11-5-13)26(24,25)20(2)12-17(22)21(3)15-8-6-14(7-9-15)18(19)23/h4-11H,12H2,1-3H3,(H2,19,23). The lowest BCUT2D eigenvalue weighted by Gasteiger charge is -2.22. The number of carbonyl (C=O) groups excluding carboxylic acids is 2. The maximum atomic E-state index is 12.6. The largest absolute Gasteiger partial charge is 0.366 e. The summed E-state index contributed by atoms with van der Waals surface area (Å²) in [6.45, 7) is 1.55. The number of carbonyl (C=O) groups is 2. The summed E-state index contributed by atoms with van der Waals surface area (Å²) in [6, 6.07) is 12.6. The third-order valence-corrected chi connectivity index (χ3v) is 5.82. The van der Waals surface area contributed by atoms with Gasteiger partial charge in [0.1, 0.15) is 0 Å². The highest BCUT2D eigenvalue weighted by molar-refractivity contribution is 7.89. The Bertz CT molecular complexity index is 906. The van der Waals surface area contributed by atoms with Gasteiger partial charge in [-0.1, -0.05) is 17.7 Å². The summed E-state index contributed by atoms with van der Waals surface area (Å²) in [6.07, 6.45) is 0. The van der Waals surface area contributed by atoms with Crippen LogP contribution in [0.1, 0.15) is 15.9 Å². The van der Waals surface area contributed by atoms with Crippen LogP contribution in [0.3, 0.4) is 0 Å². The zero-order valence-electron chi connectivity index (χ0n) is 14.8. The minimum atomic E-state index is -3.76. The molecule has 0 aliphatic carbocycles.